The van der Waals surface area contributed by atoms with Crippen LogP contribution in [0.5, 0.6) is 11.5 Å². The van der Waals surface area contributed by atoms with Gasteiger partial charge in [-0.2, -0.15) is 4.37 Å². The quantitative estimate of drug-likeness (QED) is 0.634. The van der Waals surface area contributed by atoms with Gasteiger partial charge in [0.05, 0.1) is 14.2 Å². The van der Waals surface area contributed by atoms with Crippen LogP contribution in [0.3, 0.4) is 0 Å². The van der Waals surface area contributed by atoms with Crippen LogP contribution < -0.4 is 9.47 Å². The molecule has 0 saturated heterocycles. The van der Waals surface area contributed by atoms with Crippen LogP contribution in [0.4, 0.5) is 0 Å². The number of hydrogen-bond donors (Lipinski definition) is 0. The molecule has 3 rings (SSSR count). The molecule has 0 saturated carbocycles. The molecule has 0 radical (unpaired) electrons. The van der Waals surface area contributed by atoms with Crippen molar-refractivity contribution in [2.24, 2.45) is 0 Å². The van der Waals surface area contributed by atoms with Crippen molar-refractivity contribution < 1.29 is 9.47 Å². The van der Waals surface area contributed by atoms with E-state index in [0.717, 1.165) is 27.6 Å². The van der Waals surface area contributed by atoms with E-state index in [1.165, 1.54) is 11.5 Å². The number of hydrogen-bond acceptors (Lipinski definition) is 5. The normalized spacial score (nSPS) is 11.3. The monoisotopic (exact) mass is 350 g/mol. The Morgan fingerprint density at radius 1 is 0.720 bits per heavy atom. The van der Waals surface area contributed by atoms with E-state index in [1.807, 2.05) is 72.8 Å². The van der Waals surface area contributed by atoms with E-state index in [4.69, 9.17) is 9.47 Å². The molecule has 0 fully saturated rings. The molecular formula is C20H18N2O2S. The highest BCUT2D eigenvalue weighted by atomic mass is 32.1. The van der Waals surface area contributed by atoms with Gasteiger partial charge in [-0.25, -0.2) is 4.98 Å². The van der Waals surface area contributed by atoms with Gasteiger partial charge in [0.25, 0.3) is 0 Å². The second-order valence-corrected chi connectivity index (χ2v) is 5.99. The Labute approximate surface area is 151 Å². The van der Waals surface area contributed by atoms with Crippen LogP contribution in [0, 0.1) is 0 Å². The highest BCUT2D eigenvalue weighted by molar-refractivity contribution is 7.06. The molecule has 5 heteroatoms. The van der Waals surface area contributed by atoms with Gasteiger partial charge in [0.2, 0.25) is 0 Å². The maximum absolute atomic E-state index is 5.15. The Hall–Kier alpha value is -2.92. The summed E-state index contributed by atoms with van der Waals surface area (Å²) in [7, 11) is 3.32. The summed E-state index contributed by atoms with van der Waals surface area (Å²) in [5.41, 5.74) is 2.16. The number of benzene rings is 2. The predicted octanol–water partition coefficient (Wildman–Crippen LogP) is 4.90. The molecule has 25 heavy (non-hydrogen) atoms. The Morgan fingerprint density at radius 3 is 1.76 bits per heavy atom. The van der Waals surface area contributed by atoms with Crippen molar-refractivity contribution in [1.29, 1.82) is 0 Å². The highest BCUT2D eigenvalue weighted by Crippen LogP contribution is 2.16. The SMILES string of the molecule is COc1ccc(/C=C/c2nsc(/C=C/c3ccc(OC)cc3)n2)cc1. The van der Waals surface area contributed by atoms with E-state index < -0.39 is 0 Å². The fourth-order valence-corrected chi connectivity index (χ4v) is 2.70. The number of ether oxygens (including phenoxy) is 2. The summed E-state index contributed by atoms with van der Waals surface area (Å²) in [6, 6.07) is 15.7. The number of aromatic nitrogens is 2. The van der Waals surface area contributed by atoms with E-state index in [1.54, 1.807) is 14.2 Å². The minimum Gasteiger partial charge on any atom is -0.497 e. The van der Waals surface area contributed by atoms with Crippen LogP contribution in [0.25, 0.3) is 24.3 Å². The first-order valence-electron chi connectivity index (χ1n) is 7.75. The molecule has 0 unspecified atom stereocenters. The van der Waals surface area contributed by atoms with Crippen LogP contribution in [0.1, 0.15) is 22.0 Å². The first kappa shape index (κ1) is 16.9. The molecule has 126 valence electrons. The fraction of sp³-hybridized carbons (Fsp3) is 0.100. The van der Waals surface area contributed by atoms with Gasteiger partial charge in [-0.1, -0.05) is 36.4 Å². The van der Waals surface area contributed by atoms with Gasteiger partial charge in [0, 0.05) is 0 Å². The zero-order valence-electron chi connectivity index (χ0n) is 14.0. The maximum atomic E-state index is 5.15. The average molecular weight is 350 g/mol. The summed E-state index contributed by atoms with van der Waals surface area (Å²) >= 11 is 1.37. The summed E-state index contributed by atoms with van der Waals surface area (Å²) in [5.74, 6) is 2.39. The van der Waals surface area contributed by atoms with E-state index in [9.17, 15) is 0 Å². The lowest BCUT2D eigenvalue weighted by Crippen LogP contribution is -1.81. The van der Waals surface area contributed by atoms with Crippen molar-refractivity contribution in [3.63, 3.8) is 0 Å². The Morgan fingerprint density at radius 2 is 1.24 bits per heavy atom. The van der Waals surface area contributed by atoms with E-state index in [-0.39, 0.29) is 0 Å². The molecule has 2 aromatic carbocycles. The first-order valence-corrected chi connectivity index (χ1v) is 8.52. The van der Waals surface area contributed by atoms with E-state index in [2.05, 4.69) is 9.36 Å². The third-order valence-electron chi connectivity index (χ3n) is 3.53. The van der Waals surface area contributed by atoms with Crippen LogP contribution in [-0.2, 0) is 0 Å². The molecule has 0 spiro atoms. The third kappa shape index (κ3) is 4.78. The van der Waals surface area contributed by atoms with Gasteiger partial charge >= 0.3 is 0 Å². The van der Waals surface area contributed by atoms with Gasteiger partial charge in [0.1, 0.15) is 16.5 Å². The highest BCUT2D eigenvalue weighted by Gasteiger charge is 1.98. The predicted molar refractivity (Wildman–Crippen MR) is 104 cm³/mol. The molecule has 1 aromatic heterocycles. The van der Waals surface area contributed by atoms with Crippen molar-refractivity contribution >= 4 is 35.8 Å². The van der Waals surface area contributed by atoms with Crippen molar-refractivity contribution in [3.8, 4) is 11.5 Å². The van der Waals surface area contributed by atoms with Gasteiger partial charge in [-0.3, -0.25) is 0 Å². The molecule has 3 aromatic rings. The molecule has 0 amide bonds. The fourth-order valence-electron chi connectivity index (χ4n) is 2.15. The van der Waals surface area contributed by atoms with Crippen LogP contribution in [0.2, 0.25) is 0 Å². The number of methoxy groups -OCH3 is 2. The molecule has 0 bridgehead atoms. The third-order valence-corrected chi connectivity index (χ3v) is 4.23. The second-order valence-electron chi connectivity index (χ2n) is 5.20. The first-order chi connectivity index (χ1) is 12.3. The van der Waals surface area contributed by atoms with Crippen molar-refractivity contribution in [2.45, 2.75) is 0 Å². The molecule has 0 N–H and O–H groups in total. The summed E-state index contributed by atoms with van der Waals surface area (Å²) in [6.45, 7) is 0. The number of nitrogens with zero attached hydrogens (tertiary/aromatic N) is 2. The maximum Gasteiger partial charge on any atom is 0.166 e. The van der Waals surface area contributed by atoms with Crippen molar-refractivity contribution in [1.82, 2.24) is 9.36 Å². The molecule has 0 aliphatic heterocycles. The van der Waals surface area contributed by atoms with Crippen molar-refractivity contribution in [3.05, 3.63) is 70.5 Å². The standard InChI is InChI=1S/C20H18N2O2S/c1-23-17-9-3-15(4-10-17)7-13-19-21-20(25-22-19)14-8-16-5-11-18(24-2)12-6-16/h3-14H,1-2H3/b13-7+,14-8+. The topological polar surface area (TPSA) is 44.2 Å². The Bertz CT molecular complexity index is 793. The Kier molecular flexibility index (Phi) is 5.59. The molecule has 1 heterocycles. The van der Waals surface area contributed by atoms with Crippen LogP contribution in [0.15, 0.2) is 48.5 Å². The molecule has 4 nitrogen and oxygen atoms in total. The molecule has 0 aliphatic rings. The lowest BCUT2D eigenvalue weighted by molar-refractivity contribution is 0.414. The van der Waals surface area contributed by atoms with Gasteiger partial charge in [0.15, 0.2) is 5.82 Å². The lowest BCUT2D eigenvalue weighted by Gasteiger charge is -1.98. The van der Waals surface area contributed by atoms with E-state index >= 15 is 0 Å². The average Bonchev–Trinajstić information content (AvgIpc) is 3.13. The van der Waals surface area contributed by atoms with Gasteiger partial charge in [-0.05, 0) is 59.1 Å². The largest absolute Gasteiger partial charge is 0.497 e. The lowest BCUT2D eigenvalue weighted by atomic mass is 10.2. The summed E-state index contributed by atoms with van der Waals surface area (Å²) < 4.78 is 14.7. The summed E-state index contributed by atoms with van der Waals surface area (Å²) in [6.07, 6.45) is 7.86. The van der Waals surface area contributed by atoms with Crippen molar-refractivity contribution in [2.75, 3.05) is 14.2 Å². The minimum absolute atomic E-state index is 0.704. The van der Waals surface area contributed by atoms with Crippen LogP contribution in [-0.4, -0.2) is 23.6 Å². The van der Waals surface area contributed by atoms with Crippen LogP contribution >= 0.6 is 11.5 Å². The second kappa shape index (κ2) is 8.26. The smallest absolute Gasteiger partial charge is 0.166 e. The minimum atomic E-state index is 0.704. The van der Waals surface area contributed by atoms with Gasteiger partial charge in [-0.15, -0.1) is 0 Å². The summed E-state index contributed by atoms with van der Waals surface area (Å²) in [4.78, 5) is 4.49. The number of rotatable bonds is 6. The zero-order chi connectivity index (χ0) is 17.5. The Balaban J connectivity index is 1.64. The van der Waals surface area contributed by atoms with E-state index in [0.29, 0.717) is 5.82 Å². The molecule has 0 aliphatic carbocycles. The zero-order valence-corrected chi connectivity index (χ0v) is 14.9. The molecule has 0 atom stereocenters. The summed E-state index contributed by atoms with van der Waals surface area (Å²) in [5, 5.41) is 0.866. The van der Waals surface area contributed by atoms with Gasteiger partial charge < -0.3 is 9.47 Å². The molecular weight excluding hydrogens is 332 g/mol.